The van der Waals surface area contributed by atoms with Crippen molar-refractivity contribution in [2.24, 2.45) is 11.8 Å². The lowest BCUT2D eigenvalue weighted by Gasteiger charge is -2.55. The number of carbonyl (C=O) groups is 4. The van der Waals surface area contributed by atoms with Gasteiger partial charge in [0, 0.05) is 36.2 Å². The van der Waals surface area contributed by atoms with Gasteiger partial charge < -0.3 is 37.7 Å². The average molecular weight is 990 g/mol. The number of aliphatic hydroxyl groups excluding tert-OH is 1. The molecule has 5 rings (SSSR count). The minimum Gasteiger partial charge on any atom is -0.508 e. The summed E-state index contributed by atoms with van der Waals surface area (Å²) in [5.41, 5.74) is -6.67. The summed E-state index contributed by atoms with van der Waals surface area (Å²) in [4.78, 5) is 62.3. The molecule has 2 aromatic rings. The SMILES string of the molecule is C=CCN(CC=C)[C@@H]1c2onc(OCCCC)c2C(=O)[C@@]2(O[Si](C)(C)C(C)(C)C)C(O)=C3C(=O)c4c(c(OC(F)(F)F)cc(N(C(=O)OC(C)(C)C)C(=O)OC(C)(C)C)c4OCCCC)C[C@H]3C[C@@H]12. The Morgan fingerprint density at radius 2 is 1.46 bits per heavy atom. The fraction of sp³-hybridized carbons (Fsp3) is 0.620. The van der Waals surface area contributed by atoms with Crippen molar-refractivity contribution in [1.82, 2.24) is 10.1 Å². The van der Waals surface area contributed by atoms with Crippen LogP contribution in [0.3, 0.4) is 0 Å². The monoisotopic (exact) mass is 989 g/mol. The Balaban J connectivity index is 1.95. The molecule has 0 unspecified atom stereocenters. The fourth-order valence-corrected chi connectivity index (χ4v) is 10.2. The second-order valence-corrected chi connectivity index (χ2v) is 26.0. The van der Waals surface area contributed by atoms with Gasteiger partial charge in [-0.3, -0.25) is 14.5 Å². The Bertz CT molecular complexity index is 2300. The summed E-state index contributed by atoms with van der Waals surface area (Å²) >= 11 is 0. The first-order valence-electron chi connectivity index (χ1n) is 23.5. The third-order valence-corrected chi connectivity index (χ3v) is 17.1. The van der Waals surface area contributed by atoms with Crippen LogP contribution in [0.25, 0.3) is 0 Å². The van der Waals surface area contributed by atoms with Crippen LogP contribution >= 0.6 is 0 Å². The first-order valence-corrected chi connectivity index (χ1v) is 26.5. The van der Waals surface area contributed by atoms with Gasteiger partial charge in [0.2, 0.25) is 5.78 Å². The predicted octanol–water partition coefficient (Wildman–Crippen LogP) is 12.2. The zero-order valence-electron chi connectivity index (χ0n) is 42.4. The van der Waals surface area contributed by atoms with Gasteiger partial charge in [0.25, 0.3) is 5.88 Å². The molecule has 2 amide bonds. The third-order valence-electron chi connectivity index (χ3n) is 12.7. The molecule has 3 aliphatic carbocycles. The number of halogens is 3. The van der Waals surface area contributed by atoms with Crippen molar-refractivity contribution >= 4 is 37.8 Å². The zero-order chi connectivity index (χ0) is 51.8. The molecule has 0 bridgehead atoms. The molecule has 0 fully saturated rings. The average Bonchev–Trinajstić information content (AvgIpc) is 3.61. The molecule has 4 atom stereocenters. The molecular weight excluding hydrogens is 920 g/mol. The number of benzene rings is 1. The number of carbonyl (C=O) groups excluding carboxylic acids is 4. The zero-order valence-corrected chi connectivity index (χ0v) is 43.4. The van der Waals surface area contributed by atoms with Crippen LogP contribution in [0.2, 0.25) is 18.1 Å². The molecule has 1 N–H and O–H groups in total. The van der Waals surface area contributed by atoms with Gasteiger partial charge in [-0.05, 0) is 96.4 Å². The number of ketones is 2. The molecule has 1 aromatic carbocycles. The van der Waals surface area contributed by atoms with E-state index in [1.165, 1.54) is 41.5 Å². The number of ether oxygens (including phenoxy) is 5. The summed E-state index contributed by atoms with van der Waals surface area (Å²) in [6, 6.07) is -0.118. The number of nitrogens with zero attached hydrogens (tertiary/aromatic N) is 3. The van der Waals surface area contributed by atoms with Gasteiger partial charge in [-0.2, -0.15) is 4.90 Å². The highest BCUT2D eigenvalue weighted by Crippen LogP contribution is 2.61. The molecular formula is C50H70F3N3O12Si. The van der Waals surface area contributed by atoms with Gasteiger partial charge in [-0.15, -0.1) is 26.3 Å². The number of hydrogen-bond donors (Lipinski definition) is 1. The van der Waals surface area contributed by atoms with E-state index in [2.05, 4.69) is 23.1 Å². The van der Waals surface area contributed by atoms with Crippen molar-refractivity contribution in [3.05, 3.63) is 65.2 Å². The normalized spacial score (nSPS) is 20.6. The molecule has 0 radical (unpaired) electrons. The van der Waals surface area contributed by atoms with Crippen LogP contribution in [0.1, 0.15) is 146 Å². The number of alkyl halides is 3. The number of aliphatic hydroxyl groups is 1. The number of unbranched alkanes of at least 4 members (excludes halogenated alkanes) is 2. The largest absolute Gasteiger partial charge is 0.573 e. The molecule has 19 heteroatoms. The summed E-state index contributed by atoms with van der Waals surface area (Å²) < 4.78 is 85.6. The standard InChI is InChI=1S/C50H70F3N3O12Si/c1-16-20-24-62-39-32(56(44(60)65-46(5,6)7)45(61)66-47(8,9)10)28-33(64-50(51,52)53)30-26-29-27-31-37(55(22-18-3)23-19-4)40-36(43(54-67-40)63-25-21-17-2)42(59)49(31,68-69(14,15)48(11,12)13)41(58)34(29)38(57)35(30)39/h18-19,28-29,31,37,58H,3-4,16-17,20-27H2,1-2,5-15H3/t29-,31-,37-,49-/m0/s1. The Labute approximate surface area is 404 Å². The number of allylic oxidation sites excluding steroid dienone is 1. The van der Waals surface area contributed by atoms with Gasteiger partial charge in [0.15, 0.2) is 31.2 Å². The quantitative estimate of drug-likeness (QED) is 0.0899. The molecule has 3 aliphatic rings. The molecule has 15 nitrogen and oxygen atoms in total. The molecule has 0 saturated carbocycles. The first kappa shape index (κ1) is 54.8. The number of Topliss-reactive ketones (excluding diaryl/α,β-unsaturated/α-hetero) is 2. The Kier molecular flexibility index (Phi) is 16.1. The molecule has 0 saturated heterocycles. The smallest absolute Gasteiger partial charge is 0.508 e. The van der Waals surface area contributed by atoms with Crippen molar-refractivity contribution in [3.63, 3.8) is 0 Å². The van der Waals surface area contributed by atoms with Gasteiger partial charge in [0.05, 0.1) is 24.8 Å². The van der Waals surface area contributed by atoms with E-state index in [0.717, 1.165) is 12.5 Å². The number of fused-ring (bicyclic) bond motifs is 4. The van der Waals surface area contributed by atoms with Crippen molar-refractivity contribution < 1.29 is 70.1 Å². The minimum atomic E-state index is -5.35. The summed E-state index contributed by atoms with van der Waals surface area (Å²) in [6.45, 7) is 31.0. The molecule has 69 heavy (non-hydrogen) atoms. The summed E-state index contributed by atoms with van der Waals surface area (Å²) in [5.74, 6) is -6.10. The number of aromatic nitrogens is 1. The van der Waals surface area contributed by atoms with Crippen LogP contribution in [-0.2, 0) is 20.3 Å². The summed E-state index contributed by atoms with van der Waals surface area (Å²) in [6.07, 6.45) is -2.96. The van der Waals surface area contributed by atoms with E-state index in [-0.39, 0.29) is 67.5 Å². The lowest BCUT2D eigenvalue weighted by Crippen LogP contribution is -2.65. The van der Waals surface area contributed by atoms with Crippen LogP contribution in [0.5, 0.6) is 17.4 Å². The first-order chi connectivity index (χ1) is 31.9. The lowest BCUT2D eigenvalue weighted by atomic mass is 9.58. The maximum atomic E-state index is 15.9. The molecule has 0 aliphatic heterocycles. The van der Waals surface area contributed by atoms with Crippen molar-refractivity contribution in [2.45, 2.75) is 162 Å². The van der Waals surface area contributed by atoms with Crippen LogP contribution in [0.4, 0.5) is 28.4 Å². The number of hydrogen-bond acceptors (Lipinski definition) is 14. The van der Waals surface area contributed by atoms with E-state index in [4.69, 9.17) is 27.9 Å². The van der Waals surface area contributed by atoms with Gasteiger partial charge in [-0.25, -0.2) is 9.59 Å². The van der Waals surface area contributed by atoms with Crippen molar-refractivity contribution in [2.75, 3.05) is 31.2 Å². The van der Waals surface area contributed by atoms with Crippen LogP contribution in [-0.4, -0.2) is 96.7 Å². The number of rotatable bonds is 17. The molecule has 0 spiro atoms. The van der Waals surface area contributed by atoms with E-state index in [1.54, 1.807) is 12.2 Å². The van der Waals surface area contributed by atoms with Gasteiger partial charge >= 0.3 is 18.5 Å². The van der Waals surface area contributed by atoms with Crippen molar-refractivity contribution in [1.29, 1.82) is 0 Å². The highest BCUT2D eigenvalue weighted by atomic mass is 28.4. The summed E-state index contributed by atoms with van der Waals surface area (Å²) in [5, 5.41) is 17.0. The van der Waals surface area contributed by atoms with E-state index < -0.39 is 107 Å². The molecule has 1 heterocycles. The van der Waals surface area contributed by atoms with Gasteiger partial charge in [0.1, 0.15) is 34.0 Å². The van der Waals surface area contributed by atoms with Gasteiger partial charge in [-0.1, -0.05) is 59.6 Å². The molecule has 382 valence electrons. The second kappa shape index (κ2) is 20.3. The Morgan fingerprint density at radius 1 is 0.913 bits per heavy atom. The lowest BCUT2D eigenvalue weighted by molar-refractivity contribution is -0.275. The number of anilines is 1. The Hall–Kier alpha value is -5.14. The van der Waals surface area contributed by atoms with E-state index >= 15 is 9.59 Å². The Morgan fingerprint density at radius 3 is 1.96 bits per heavy atom. The van der Waals surface area contributed by atoms with E-state index in [1.807, 2.05) is 52.6 Å². The van der Waals surface area contributed by atoms with Crippen LogP contribution < -0.4 is 19.1 Å². The fourth-order valence-electron chi connectivity index (χ4n) is 8.74. The van der Waals surface area contributed by atoms with Crippen molar-refractivity contribution in [3.8, 4) is 17.4 Å². The second-order valence-electron chi connectivity index (χ2n) is 21.3. The van der Waals surface area contributed by atoms with E-state index in [9.17, 15) is 27.9 Å². The molecule has 1 aromatic heterocycles. The summed E-state index contributed by atoms with van der Waals surface area (Å²) in [7, 11) is -3.21. The highest BCUT2D eigenvalue weighted by molar-refractivity contribution is 6.74. The number of imide groups is 1. The predicted molar refractivity (Wildman–Crippen MR) is 255 cm³/mol. The van der Waals surface area contributed by atoms with E-state index in [0.29, 0.717) is 24.2 Å². The number of amides is 2. The maximum Gasteiger partial charge on any atom is 0.573 e. The topological polar surface area (TPSA) is 176 Å². The highest BCUT2D eigenvalue weighted by Gasteiger charge is 2.68. The van der Waals surface area contributed by atoms with Crippen LogP contribution in [0.15, 0.2) is 47.2 Å². The van der Waals surface area contributed by atoms with Crippen LogP contribution in [0, 0.1) is 11.8 Å². The third kappa shape index (κ3) is 11.2. The minimum absolute atomic E-state index is 0.0875. The maximum absolute atomic E-state index is 15.9.